The second-order valence-electron chi connectivity index (χ2n) is 5.57. The van der Waals surface area contributed by atoms with Crippen LogP contribution < -0.4 is 4.74 Å². The summed E-state index contributed by atoms with van der Waals surface area (Å²) < 4.78 is 53.4. The third-order valence-corrected chi connectivity index (χ3v) is 3.46. The summed E-state index contributed by atoms with van der Waals surface area (Å²) in [6.45, 7) is 2.14. The summed E-state index contributed by atoms with van der Waals surface area (Å²) in [5.41, 5.74) is 2.38. The molecule has 0 aromatic heterocycles. The minimum atomic E-state index is -4.94. The van der Waals surface area contributed by atoms with Crippen LogP contribution in [0, 0.1) is 5.82 Å². The standard InChI is InChI=1S/C19H18F4N2O/c1-2-3-4-14-5-7-15(8-6-14)12-24-25-13-16-9-10-18(17(20)11-16)26-19(21,22)23/h5-13H,2-4H2,1H3. The number of aryl methyl sites for hydroxylation is 1. The second-order valence-corrected chi connectivity index (χ2v) is 5.57. The molecule has 0 atom stereocenters. The molecule has 0 saturated heterocycles. The van der Waals surface area contributed by atoms with Crippen LogP contribution in [0.15, 0.2) is 52.7 Å². The van der Waals surface area contributed by atoms with Gasteiger partial charge in [-0.15, -0.1) is 13.2 Å². The monoisotopic (exact) mass is 366 g/mol. The van der Waals surface area contributed by atoms with Crippen LogP contribution in [-0.4, -0.2) is 18.8 Å². The van der Waals surface area contributed by atoms with Gasteiger partial charge in [0.25, 0.3) is 0 Å². The molecule has 2 rings (SSSR count). The molecule has 0 N–H and O–H groups in total. The number of benzene rings is 2. The predicted octanol–water partition coefficient (Wildman–Crippen LogP) is 5.52. The Morgan fingerprint density at radius 3 is 2.15 bits per heavy atom. The Bertz CT molecular complexity index is 768. The largest absolute Gasteiger partial charge is 0.573 e. The molecule has 0 spiro atoms. The van der Waals surface area contributed by atoms with E-state index in [1.54, 1.807) is 0 Å². The molecule has 0 saturated carbocycles. The van der Waals surface area contributed by atoms with Gasteiger partial charge in [-0.3, -0.25) is 0 Å². The molecule has 2 aromatic carbocycles. The van der Waals surface area contributed by atoms with E-state index in [1.807, 2.05) is 24.3 Å². The zero-order valence-corrected chi connectivity index (χ0v) is 14.1. The second kappa shape index (κ2) is 9.12. The maximum atomic E-state index is 13.6. The number of nitrogens with zero attached hydrogens (tertiary/aromatic N) is 2. The maximum absolute atomic E-state index is 13.6. The average molecular weight is 366 g/mol. The van der Waals surface area contributed by atoms with Crippen LogP contribution in [0.2, 0.25) is 0 Å². The van der Waals surface area contributed by atoms with Crippen LogP contribution in [0.1, 0.15) is 36.5 Å². The van der Waals surface area contributed by atoms with Crippen LogP contribution in [0.4, 0.5) is 17.6 Å². The zero-order valence-electron chi connectivity index (χ0n) is 14.1. The summed E-state index contributed by atoms with van der Waals surface area (Å²) in [7, 11) is 0. The highest BCUT2D eigenvalue weighted by Crippen LogP contribution is 2.25. The molecule has 0 amide bonds. The van der Waals surface area contributed by atoms with Crippen molar-refractivity contribution in [2.24, 2.45) is 10.2 Å². The summed E-state index contributed by atoms with van der Waals surface area (Å²) in [5, 5.41) is 7.62. The number of halogens is 4. The molecule has 0 bridgehead atoms. The SMILES string of the molecule is CCCCc1ccc(C=NN=Cc2ccc(OC(F)(F)F)c(F)c2)cc1. The molecule has 138 valence electrons. The fourth-order valence-corrected chi connectivity index (χ4v) is 2.16. The number of ether oxygens (including phenoxy) is 1. The maximum Gasteiger partial charge on any atom is 0.573 e. The quantitative estimate of drug-likeness (QED) is 0.361. The Balaban J connectivity index is 1.95. The molecular weight excluding hydrogens is 348 g/mol. The highest BCUT2D eigenvalue weighted by atomic mass is 19.4. The van der Waals surface area contributed by atoms with Crippen molar-refractivity contribution in [2.45, 2.75) is 32.5 Å². The van der Waals surface area contributed by atoms with Gasteiger partial charge in [0.2, 0.25) is 0 Å². The van der Waals surface area contributed by atoms with Crippen molar-refractivity contribution in [2.75, 3.05) is 0 Å². The molecule has 0 aliphatic carbocycles. The van der Waals surface area contributed by atoms with E-state index in [1.165, 1.54) is 24.1 Å². The van der Waals surface area contributed by atoms with Crippen molar-refractivity contribution in [1.82, 2.24) is 0 Å². The lowest BCUT2D eigenvalue weighted by Crippen LogP contribution is -2.18. The first-order valence-corrected chi connectivity index (χ1v) is 8.08. The molecule has 0 fully saturated rings. The van der Waals surface area contributed by atoms with Crippen LogP contribution in [0.5, 0.6) is 5.75 Å². The number of unbranched alkanes of at least 4 members (excludes halogenated alkanes) is 1. The molecule has 0 aliphatic rings. The van der Waals surface area contributed by atoms with Gasteiger partial charge in [-0.1, -0.05) is 37.6 Å². The van der Waals surface area contributed by atoms with Gasteiger partial charge < -0.3 is 4.74 Å². The highest BCUT2D eigenvalue weighted by Gasteiger charge is 2.32. The fraction of sp³-hybridized carbons (Fsp3) is 0.263. The van der Waals surface area contributed by atoms with Gasteiger partial charge in [0.15, 0.2) is 11.6 Å². The summed E-state index contributed by atoms with van der Waals surface area (Å²) in [6, 6.07) is 10.9. The molecular formula is C19H18F4N2O. The van der Waals surface area contributed by atoms with Crippen molar-refractivity contribution < 1.29 is 22.3 Å². The van der Waals surface area contributed by atoms with E-state index >= 15 is 0 Å². The Hall–Kier alpha value is -2.70. The van der Waals surface area contributed by atoms with Crippen molar-refractivity contribution >= 4 is 12.4 Å². The van der Waals surface area contributed by atoms with Crippen LogP contribution in [-0.2, 0) is 6.42 Å². The summed E-state index contributed by atoms with van der Waals surface area (Å²) in [5.74, 6) is -2.01. The van der Waals surface area contributed by atoms with E-state index in [9.17, 15) is 17.6 Å². The molecule has 3 nitrogen and oxygen atoms in total. The van der Waals surface area contributed by atoms with Crippen LogP contribution in [0.25, 0.3) is 0 Å². The van der Waals surface area contributed by atoms with E-state index in [-0.39, 0.29) is 5.56 Å². The van der Waals surface area contributed by atoms with Crippen LogP contribution >= 0.6 is 0 Å². The molecule has 0 heterocycles. The van der Waals surface area contributed by atoms with Gasteiger partial charge in [0.05, 0.1) is 12.4 Å². The average Bonchev–Trinajstić information content (AvgIpc) is 2.59. The van der Waals surface area contributed by atoms with Gasteiger partial charge in [0, 0.05) is 0 Å². The predicted molar refractivity (Wildman–Crippen MR) is 93.3 cm³/mol. The number of rotatable bonds is 7. The highest BCUT2D eigenvalue weighted by molar-refractivity contribution is 5.82. The van der Waals surface area contributed by atoms with Gasteiger partial charge in [0.1, 0.15) is 0 Å². The normalized spacial score (nSPS) is 12.2. The Morgan fingerprint density at radius 2 is 1.58 bits per heavy atom. The van der Waals surface area contributed by atoms with Crippen molar-refractivity contribution in [3.63, 3.8) is 0 Å². The first-order chi connectivity index (χ1) is 12.4. The van der Waals surface area contributed by atoms with Gasteiger partial charge in [-0.05, 0) is 47.7 Å². The molecule has 0 radical (unpaired) electrons. The number of alkyl halides is 3. The van der Waals surface area contributed by atoms with Crippen molar-refractivity contribution in [1.29, 1.82) is 0 Å². The first-order valence-electron chi connectivity index (χ1n) is 8.08. The summed E-state index contributed by atoms with van der Waals surface area (Å²) in [6.07, 6.45) is 1.16. The fourth-order valence-electron chi connectivity index (χ4n) is 2.16. The van der Waals surface area contributed by atoms with Crippen molar-refractivity contribution in [3.05, 3.63) is 65.0 Å². The Kier molecular flexibility index (Phi) is 6.89. The number of hydrogen-bond acceptors (Lipinski definition) is 3. The summed E-state index contributed by atoms with van der Waals surface area (Å²) >= 11 is 0. The van der Waals surface area contributed by atoms with E-state index < -0.39 is 17.9 Å². The topological polar surface area (TPSA) is 34.0 Å². The minimum Gasteiger partial charge on any atom is -0.403 e. The molecule has 0 unspecified atom stereocenters. The lowest BCUT2D eigenvalue weighted by molar-refractivity contribution is -0.275. The third-order valence-electron chi connectivity index (χ3n) is 3.46. The lowest BCUT2D eigenvalue weighted by atomic mass is 10.1. The van der Waals surface area contributed by atoms with Gasteiger partial charge >= 0.3 is 6.36 Å². The zero-order chi connectivity index (χ0) is 19.0. The van der Waals surface area contributed by atoms with Crippen LogP contribution in [0.3, 0.4) is 0 Å². The summed E-state index contributed by atoms with van der Waals surface area (Å²) in [4.78, 5) is 0. The smallest absolute Gasteiger partial charge is 0.403 e. The Morgan fingerprint density at radius 1 is 0.962 bits per heavy atom. The van der Waals surface area contributed by atoms with Gasteiger partial charge in [-0.2, -0.15) is 10.2 Å². The van der Waals surface area contributed by atoms with Gasteiger partial charge in [-0.25, -0.2) is 4.39 Å². The third kappa shape index (κ3) is 6.66. The van der Waals surface area contributed by atoms with E-state index in [2.05, 4.69) is 21.9 Å². The number of hydrogen-bond donors (Lipinski definition) is 0. The molecule has 7 heteroatoms. The molecule has 26 heavy (non-hydrogen) atoms. The van der Waals surface area contributed by atoms with E-state index in [0.29, 0.717) is 0 Å². The van der Waals surface area contributed by atoms with Crippen molar-refractivity contribution in [3.8, 4) is 5.75 Å². The minimum absolute atomic E-state index is 0.268. The van der Waals surface area contributed by atoms with E-state index in [0.717, 1.165) is 37.0 Å². The first kappa shape index (κ1) is 19.6. The lowest BCUT2D eigenvalue weighted by Gasteiger charge is -2.09. The van der Waals surface area contributed by atoms with E-state index in [4.69, 9.17) is 0 Å². The molecule has 2 aromatic rings. The molecule has 0 aliphatic heterocycles. The Labute approximate surface area is 149 Å².